The fraction of sp³-hybridized carbons (Fsp3) is 0.321. The van der Waals surface area contributed by atoms with E-state index < -0.39 is 0 Å². The Balaban J connectivity index is 1.97. The van der Waals surface area contributed by atoms with Gasteiger partial charge in [-0.3, -0.25) is 0 Å². The molecular formula is C28H30N2. The highest BCUT2D eigenvalue weighted by atomic mass is 15.2. The Kier molecular flexibility index (Phi) is 4.55. The molecule has 0 heterocycles. The number of anilines is 2. The van der Waals surface area contributed by atoms with Gasteiger partial charge in [-0.25, -0.2) is 0 Å². The number of para-hydroxylation sites is 1. The lowest BCUT2D eigenvalue weighted by atomic mass is 9.81. The summed E-state index contributed by atoms with van der Waals surface area (Å²) in [6.45, 7) is 15.7. The van der Waals surface area contributed by atoms with Gasteiger partial charge in [-0.05, 0) is 98.3 Å². The number of aryl methyl sites for hydroxylation is 2. The fourth-order valence-electron chi connectivity index (χ4n) is 4.85. The first-order chi connectivity index (χ1) is 14.1. The van der Waals surface area contributed by atoms with E-state index >= 15 is 0 Å². The molecule has 3 aromatic carbocycles. The molecule has 0 bridgehead atoms. The minimum atomic E-state index is -0.144. The molecule has 0 radical (unpaired) electrons. The number of nitrogens with zero attached hydrogens (tertiary/aromatic N) is 2. The van der Waals surface area contributed by atoms with Crippen LogP contribution in [0.15, 0.2) is 54.6 Å². The Morgan fingerprint density at radius 3 is 2.10 bits per heavy atom. The summed E-state index contributed by atoms with van der Waals surface area (Å²) in [5, 5.41) is 9.40. The van der Waals surface area contributed by atoms with Crippen LogP contribution in [0.5, 0.6) is 0 Å². The predicted octanol–water partition coefficient (Wildman–Crippen LogP) is 7.42. The number of hydrogen-bond donors (Lipinski definition) is 0. The van der Waals surface area contributed by atoms with Gasteiger partial charge in [0, 0.05) is 22.3 Å². The molecule has 0 amide bonds. The molecule has 1 aliphatic carbocycles. The van der Waals surface area contributed by atoms with Crippen molar-refractivity contribution >= 4 is 11.4 Å². The summed E-state index contributed by atoms with van der Waals surface area (Å²) in [6, 6.07) is 21.7. The number of benzene rings is 3. The van der Waals surface area contributed by atoms with Gasteiger partial charge < -0.3 is 4.90 Å². The van der Waals surface area contributed by atoms with E-state index in [0.29, 0.717) is 0 Å². The third kappa shape index (κ3) is 3.01. The molecule has 0 spiro atoms. The van der Waals surface area contributed by atoms with E-state index in [4.69, 9.17) is 0 Å². The van der Waals surface area contributed by atoms with Gasteiger partial charge in [0.05, 0.1) is 11.6 Å². The summed E-state index contributed by atoms with van der Waals surface area (Å²) in [4.78, 5) is 2.47. The number of fused-ring (bicyclic) bond motifs is 3. The molecule has 0 fully saturated rings. The van der Waals surface area contributed by atoms with E-state index in [2.05, 4.69) is 108 Å². The van der Waals surface area contributed by atoms with Crippen LogP contribution in [-0.4, -0.2) is 5.54 Å². The molecule has 0 N–H and O–H groups in total. The molecule has 0 aromatic heterocycles. The van der Waals surface area contributed by atoms with E-state index in [9.17, 15) is 5.26 Å². The van der Waals surface area contributed by atoms with Crippen LogP contribution in [0.2, 0.25) is 0 Å². The van der Waals surface area contributed by atoms with Crippen molar-refractivity contribution < 1.29 is 0 Å². The minimum Gasteiger partial charge on any atom is -0.336 e. The van der Waals surface area contributed by atoms with Crippen LogP contribution < -0.4 is 4.90 Å². The Morgan fingerprint density at radius 1 is 0.800 bits per heavy atom. The van der Waals surface area contributed by atoms with E-state index in [-0.39, 0.29) is 11.0 Å². The summed E-state index contributed by atoms with van der Waals surface area (Å²) in [7, 11) is 0. The zero-order chi connectivity index (χ0) is 21.8. The first-order valence-corrected chi connectivity index (χ1v) is 10.6. The maximum atomic E-state index is 9.40. The van der Waals surface area contributed by atoms with Gasteiger partial charge in [0.15, 0.2) is 0 Å². The van der Waals surface area contributed by atoms with E-state index in [1.54, 1.807) is 0 Å². The molecule has 2 nitrogen and oxygen atoms in total. The highest BCUT2D eigenvalue weighted by Gasteiger charge is 2.37. The largest absolute Gasteiger partial charge is 0.336 e. The molecule has 3 aromatic rings. The second-order valence-electron chi connectivity index (χ2n) is 9.97. The van der Waals surface area contributed by atoms with Crippen LogP contribution in [0.4, 0.5) is 11.4 Å². The standard InChI is InChI=1S/C28H30N2/c1-18-10-8-9-11-25(18)30(27(3,4)5)26-16-24-22(14-19(26)2)21-13-12-20(17-29)15-23(21)28(24,6)7/h8-16H,1-7H3. The molecular weight excluding hydrogens is 364 g/mol. The summed E-state index contributed by atoms with van der Waals surface area (Å²) in [6.07, 6.45) is 0. The summed E-state index contributed by atoms with van der Waals surface area (Å²) >= 11 is 0. The van der Waals surface area contributed by atoms with Crippen LogP contribution in [0.3, 0.4) is 0 Å². The molecule has 0 unspecified atom stereocenters. The smallest absolute Gasteiger partial charge is 0.0991 e. The average Bonchev–Trinajstić information content (AvgIpc) is 2.89. The van der Waals surface area contributed by atoms with Gasteiger partial charge in [-0.2, -0.15) is 5.26 Å². The average molecular weight is 395 g/mol. The van der Waals surface area contributed by atoms with Crippen LogP contribution in [0.25, 0.3) is 11.1 Å². The Labute approximate surface area is 180 Å². The highest BCUT2D eigenvalue weighted by molar-refractivity contribution is 5.85. The fourth-order valence-corrected chi connectivity index (χ4v) is 4.85. The van der Waals surface area contributed by atoms with Crippen molar-refractivity contribution in [3.63, 3.8) is 0 Å². The van der Waals surface area contributed by atoms with Crippen LogP contribution in [0, 0.1) is 25.2 Å². The minimum absolute atomic E-state index is 0.0747. The molecule has 0 saturated carbocycles. The Bertz CT molecular complexity index is 1190. The highest BCUT2D eigenvalue weighted by Crippen LogP contribution is 2.51. The van der Waals surface area contributed by atoms with Crippen LogP contribution in [0.1, 0.15) is 62.4 Å². The zero-order valence-electron chi connectivity index (χ0n) is 19.1. The van der Waals surface area contributed by atoms with E-state index in [0.717, 1.165) is 5.56 Å². The first kappa shape index (κ1) is 20.2. The summed E-state index contributed by atoms with van der Waals surface area (Å²) < 4.78 is 0. The lowest BCUT2D eigenvalue weighted by molar-refractivity contribution is 0.557. The number of rotatable bonds is 2. The van der Waals surface area contributed by atoms with Gasteiger partial charge in [0.2, 0.25) is 0 Å². The van der Waals surface area contributed by atoms with Gasteiger partial charge >= 0.3 is 0 Å². The van der Waals surface area contributed by atoms with Crippen molar-refractivity contribution in [2.75, 3.05) is 4.90 Å². The molecule has 30 heavy (non-hydrogen) atoms. The van der Waals surface area contributed by atoms with Gasteiger partial charge in [0.1, 0.15) is 0 Å². The van der Waals surface area contributed by atoms with Crippen molar-refractivity contribution in [2.24, 2.45) is 0 Å². The van der Waals surface area contributed by atoms with E-state index in [1.165, 1.54) is 44.8 Å². The molecule has 1 aliphatic rings. The first-order valence-electron chi connectivity index (χ1n) is 10.6. The van der Waals surface area contributed by atoms with Crippen molar-refractivity contribution in [1.82, 2.24) is 0 Å². The topological polar surface area (TPSA) is 27.0 Å². The Hall–Kier alpha value is -3.05. The zero-order valence-corrected chi connectivity index (χ0v) is 19.1. The maximum Gasteiger partial charge on any atom is 0.0991 e. The molecule has 0 aliphatic heterocycles. The van der Waals surface area contributed by atoms with Gasteiger partial charge in [-0.15, -0.1) is 0 Å². The lowest BCUT2D eigenvalue weighted by Crippen LogP contribution is -2.38. The SMILES string of the molecule is Cc1ccccc1N(c1cc2c(cc1C)-c1ccc(C#N)cc1C2(C)C)C(C)(C)C. The molecule has 4 rings (SSSR count). The number of hydrogen-bond acceptors (Lipinski definition) is 2. The Morgan fingerprint density at radius 2 is 1.47 bits per heavy atom. The predicted molar refractivity (Wildman–Crippen MR) is 127 cm³/mol. The quantitative estimate of drug-likeness (QED) is 0.452. The number of nitriles is 1. The molecule has 152 valence electrons. The van der Waals surface area contributed by atoms with Crippen molar-refractivity contribution in [2.45, 2.75) is 59.4 Å². The molecule has 2 heteroatoms. The third-order valence-electron chi connectivity index (χ3n) is 6.39. The second kappa shape index (κ2) is 6.74. The third-order valence-corrected chi connectivity index (χ3v) is 6.39. The summed E-state index contributed by atoms with van der Waals surface area (Å²) in [5.74, 6) is 0. The van der Waals surface area contributed by atoms with Gasteiger partial charge in [-0.1, -0.05) is 38.1 Å². The van der Waals surface area contributed by atoms with Gasteiger partial charge in [0.25, 0.3) is 0 Å². The van der Waals surface area contributed by atoms with E-state index in [1.807, 2.05) is 6.07 Å². The van der Waals surface area contributed by atoms with Crippen molar-refractivity contribution in [3.05, 3.63) is 82.4 Å². The molecule has 0 saturated heterocycles. The molecule has 0 atom stereocenters. The van der Waals surface area contributed by atoms with Crippen LogP contribution >= 0.6 is 0 Å². The lowest BCUT2D eigenvalue weighted by Gasteiger charge is -2.40. The summed E-state index contributed by atoms with van der Waals surface area (Å²) in [5.41, 5.74) is 10.6. The maximum absolute atomic E-state index is 9.40. The normalized spacial score (nSPS) is 14.1. The monoisotopic (exact) mass is 394 g/mol. The van der Waals surface area contributed by atoms with Crippen LogP contribution in [-0.2, 0) is 5.41 Å². The van der Waals surface area contributed by atoms with Crippen molar-refractivity contribution in [1.29, 1.82) is 5.26 Å². The second-order valence-corrected chi connectivity index (χ2v) is 9.97. The van der Waals surface area contributed by atoms with Crippen molar-refractivity contribution in [3.8, 4) is 17.2 Å².